The molecule has 1 heterocycles. The molecule has 0 saturated heterocycles. The first kappa shape index (κ1) is 13.1. The van der Waals surface area contributed by atoms with E-state index in [-0.39, 0.29) is 0 Å². The number of aromatic nitrogens is 2. The third-order valence-corrected chi connectivity index (χ3v) is 2.72. The zero-order valence-electron chi connectivity index (χ0n) is 11.2. The van der Waals surface area contributed by atoms with E-state index < -0.39 is 0 Å². The molecule has 6 nitrogen and oxygen atoms in total. The number of benzene rings is 1. The van der Waals surface area contributed by atoms with Crippen molar-refractivity contribution < 1.29 is 14.2 Å². The molecule has 0 aliphatic heterocycles. The van der Waals surface area contributed by atoms with Crippen molar-refractivity contribution in [1.29, 1.82) is 0 Å². The van der Waals surface area contributed by atoms with E-state index in [9.17, 15) is 0 Å². The molecule has 0 saturated carbocycles. The Balaban J connectivity index is 2.20. The highest BCUT2D eigenvalue weighted by Gasteiger charge is 2.12. The van der Waals surface area contributed by atoms with Gasteiger partial charge in [0, 0.05) is 12.7 Å². The Morgan fingerprint density at radius 2 is 1.79 bits per heavy atom. The van der Waals surface area contributed by atoms with Gasteiger partial charge in [-0.05, 0) is 17.7 Å². The minimum atomic E-state index is 0.595. The second-order valence-electron chi connectivity index (χ2n) is 3.87. The van der Waals surface area contributed by atoms with Crippen LogP contribution in [0.15, 0.2) is 24.5 Å². The molecule has 0 fully saturated rings. The lowest BCUT2D eigenvalue weighted by atomic mass is 10.1. The number of hydrogen-bond donors (Lipinski definition) is 2. The standard InChI is InChI=1S/C13H17N3O3/c1-17-11-4-9(5-12(18-2)13(11)19-3)6-14-10-7-15-16-8-10/h4-5,7-8,14H,6H2,1-3H3,(H,15,16). The summed E-state index contributed by atoms with van der Waals surface area (Å²) in [5.41, 5.74) is 1.95. The SMILES string of the molecule is COc1cc(CNc2cn[nH]c2)cc(OC)c1OC. The van der Waals surface area contributed by atoms with Gasteiger partial charge in [-0.15, -0.1) is 0 Å². The zero-order chi connectivity index (χ0) is 13.7. The van der Waals surface area contributed by atoms with Crippen molar-refractivity contribution in [2.75, 3.05) is 26.6 Å². The number of nitrogens with zero attached hydrogens (tertiary/aromatic N) is 1. The van der Waals surface area contributed by atoms with Crippen LogP contribution in [-0.2, 0) is 6.54 Å². The Bertz CT molecular complexity index is 501. The lowest BCUT2D eigenvalue weighted by molar-refractivity contribution is 0.324. The molecule has 2 aromatic rings. The van der Waals surface area contributed by atoms with Gasteiger partial charge in [0.1, 0.15) is 0 Å². The molecule has 0 radical (unpaired) electrons. The molecule has 0 atom stereocenters. The van der Waals surface area contributed by atoms with E-state index in [0.29, 0.717) is 23.8 Å². The molecule has 6 heteroatoms. The summed E-state index contributed by atoms with van der Waals surface area (Å²) in [5, 5.41) is 9.86. The van der Waals surface area contributed by atoms with Gasteiger partial charge in [0.05, 0.1) is 33.2 Å². The van der Waals surface area contributed by atoms with E-state index in [4.69, 9.17) is 14.2 Å². The van der Waals surface area contributed by atoms with Crippen LogP contribution in [0, 0.1) is 0 Å². The molecule has 2 N–H and O–H groups in total. The molecular weight excluding hydrogens is 246 g/mol. The number of hydrogen-bond acceptors (Lipinski definition) is 5. The van der Waals surface area contributed by atoms with Gasteiger partial charge in [0.15, 0.2) is 11.5 Å². The van der Waals surface area contributed by atoms with Gasteiger partial charge in [0.2, 0.25) is 5.75 Å². The van der Waals surface area contributed by atoms with Gasteiger partial charge >= 0.3 is 0 Å². The molecule has 1 aromatic carbocycles. The topological polar surface area (TPSA) is 68.4 Å². The summed E-state index contributed by atoms with van der Waals surface area (Å²) in [7, 11) is 4.79. The van der Waals surface area contributed by atoms with Crippen molar-refractivity contribution in [3.8, 4) is 17.2 Å². The number of anilines is 1. The van der Waals surface area contributed by atoms with Crippen LogP contribution < -0.4 is 19.5 Å². The Morgan fingerprint density at radius 1 is 1.11 bits per heavy atom. The van der Waals surface area contributed by atoms with Crippen LogP contribution in [0.3, 0.4) is 0 Å². The molecule has 0 bridgehead atoms. The molecule has 19 heavy (non-hydrogen) atoms. The van der Waals surface area contributed by atoms with Crippen molar-refractivity contribution in [1.82, 2.24) is 10.2 Å². The van der Waals surface area contributed by atoms with E-state index in [2.05, 4.69) is 15.5 Å². The predicted octanol–water partition coefficient (Wildman–Crippen LogP) is 2.05. The fraction of sp³-hybridized carbons (Fsp3) is 0.308. The van der Waals surface area contributed by atoms with Gasteiger partial charge in [-0.3, -0.25) is 5.10 Å². The zero-order valence-corrected chi connectivity index (χ0v) is 11.2. The summed E-state index contributed by atoms with van der Waals surface area (Å²) in [6, 6.07) is 3.82. The average molecular weight is 263 g/mol. The summed E-state index contributed by atoms with van der Waals surface area (Å²) in [6.07, 6.45) is 3.51. The van der Waals surface area contributed by atoms with Gasteiger partial charge in [-0.25, -0.2) is 0 Å². The van der Waals surface area contributed by atoms with Crippen LogP contribution >= 0.6 is 0 Å². The maximum atomic E-state index is 5.31. The van der Waals surface area contributed by atoms with E-state index in [0.717, 1.165) is 11.3 Å². The summed E-state index contributed by atoms with van der Waals surface area (Å²) in [6.45, 7) is 0.635. The summed E-state index contributed by atoms with van der Waals surface area (Å²) >= 11 is 0. The van der Waals surface area contributed by atoms with Crippen molar-refractivity contribution in [2.24, 2.45) is 0 Å². The molecule has 0 amide bonds. The molecule has 0 spiro atoms. The van der Waals surface area contributed by atoms with Gasteiger partial charge in [-0.2, -0.15) is 5.10 Å². The predicted molar refractivity (Wildman–Crippen MR) is 72.0 cm³/mol. The largest absolute Gasteiger partial charge is 0.493 e. The first-order chi connectivity index (χ1) is 9.28. The Morgan fingerprint density at radius 3 is 2.26 bits per heavy atom. The maximum absolute atomic E-state index is 5.31. The first-order valence-corrected chi connectivity index (χ1v) is 5.80. The van der Waals surface area contributed by atoms with Gasteiger partial charge < -0.3 is 19.5 Å². The Labute approximate surface area is 111 Å². The highest BCUT2D eigenvalue weighted by Crippen LogP contribution is 2.38. The maximum Gasteiger partial charge on any atom is 0.203 e. The van der Waals surface area contributed by atoms with Crippen LogP contribution in [0.25, 0.3) is 0 Å². The number of methoxy groups -OCH3 is 3. The monoisotopic (exact) mass is 263 g/mol. The normalized spacial score (nSPS) is 10.1. The molecule has 0 unspecified atom stereocenters. The minimum Gasteiger partial charge on any atom is -0.493 e. The third-order valence-electron chi connectivity index (χ3n) is 2.72. The number of nitrogens with one attached hydrogen (secondary N) is 2. The number of ether oxygens (including phenoxy) is 3. The second kappa shape index (κ2) is 5.99. The smallest absolute Gasteiger partial charge is 0.203 e. The molecule has 102 valence electrons. The molecular formula is C13H17N3O3. The summed E-state index contributed by atoms with van der Waals surface area (Å²) in [5.74, 6) is 1.88. The van der Waals surface area contributed by atoms with Gasteiger partial charge in [-0.1, -0.05) is 0 Å². The number of rotatable bonds is 6. The van der Waals surface area contributed by atoms with Crippen molar-refractivity contribution in [3.63, 3.8) is 0 Å². The highest BCUT2D eigenvalue weighted by atomic mass is 16.5. The Hall–Kier alpha value is -2.37. The van der Waals surface area contributed by atoms with Crippen molar-refractivity contribution in [2.45, 2.75) is 6.54 Å². The minimum absolute atomic E-state index is 0.595. The summed E-state index contributed by atoms with van der Waals surface area (Å²) < 4.78 is 15.9. The van der Waals surface area contributed by atoms with Crippen LogP contribution in [0.4, 0.5) is 5.69 Å². The lowest BCUT2D eigenvalue weighted by Gasteiger charge is -2.14. The van der Waals surface area contributed by atoms with Crippen molar-refractivity contribution >= 4 is 5.69 Å². The molecule has 1 aromatic heterocycles. The van der Waals surface area contributed by atoms with Crippen LogP contribution in [0.2, 0.25) is 0 Å². The van der Waals surface area contributed by atoms with Gasteiger partial charge in [0.25, 0.3) is 0 Å². The number of H-pyrrole nitrogens is 1. The molecule has 2 rings (SSSR count). The van der Waals surface area contributed by atoms with E-state index in [1.54, 1.807) is 33.7 Å². The van der Waals surface area contributed by atoms with Crippen molar-refractivity contribution in [3.05, 3.63) is 30.1 Å². The van der Waals surface area contributed by atoms with E-state index in [1.165, 1.54) is 0 Å². The molecule has 0 aliphatic carbocycles. The number of aromatic amines is 1. The van der Waals surface area contributed by atoms with Crippen LogP contribution in [0.5, 0.6) is 17.2 Å². The Kier molecular flexibility index (Phi) is 4.12. The fourth-order valence-electron chi connectivity index (χ4n) is 1.79. The molecule has 0 aliphatic rings. The first-order valence-electron chi connectivity index (χ1n) is 5.80. The van der Waals surface area contributed by atoms with E-state index >= 15 is 0 Å². The van der Waals surface area contributed by atoms with E-state index in [1.807, 2.05) is 12.1 Å². The quantitative estimate of drug-likeness (QED) is 0.834. The second-order valence-corrected chi connectivity index (χ2v) is 3.87. The lowest BCUT2D eigenvalue weighted by Crippen LogP contribution is -2.01. The average Bonchev–Trinajstić information content (AvgIpc) is 2.97. The third kappa shape index (κ3) is 2.90. The highest BCUT2D eigenvalue weighted by molar-refractivity contribution is 5.54. The van der Waals surface area contributed by atoms with Crippen LogP contribution in [0.1, 0.15) is 5.56 Å². The van der Waals surface area contributed by atoms with Crippen LogP contribution in [-0.4, -0.2) is 31.5 Å². The fourth-order valence-corrected chi connectivity index (χ4v) is 1.79. The summed E-state index contributed by atoms with van der Waals surface area (Å²) in [4.78, 5) is 0.